The molecular formula is C19H18ClN5O2S. The smallest absolute Gasteiger partial charge is 0.251 e. The molecule has 7 nitrogen and oxygen atoms in total. The second kappa shape index (κ2) is 8.90. The molecule has 0 saturated carbocycles. The normalized spacial score (nSPS) is 10.5. The van der Waals surface area contributed by atoms with Crippen molar-refractivity contribution in [2.45, 2.75) is 5.16 Å². The summed E-state index contributed by atoms with van der Waals surface area (Å²) < 4.78 is 1.80. The third kappa shape index (κ3) is 4.52. The van der Waals surface area contributed by atoms with Crippen LogP contribution in [0.4, 0.5) is 5.69 Å². The van der Waals surface area contributed by atoms with Crippen LogP contribution in [0.15, 0.2) is 53.7 Å². The number of thioether (sulfide) groups is 1. The van der Waals surface area contributed by atoms with Gasteiger partial charge >= 0.3 is 0 Å². The van der Waals surface area contributed by atoms with Crippen LogP contribution in [0.2, 0.25) is 5.02 Å². The topological polar surface area (TPSA) is 88.9 Å². The molecule has 28 heavy (non-hydrogen) atoms. The van der Waals surface area contributed by atoms with E-state index < -0.39 is 0 Å². The summed E-state index contributed by atoms with van der Waals surface area (Å²) in [7, 11) is 3.40. The van der Waals surface area contributed by atoms with E-state index in [0.29, 0.717) is 27.3 Å². The summed E-state index contributed by atoms with van der Waals surface area (Å²) in [6.07, 6.45) is 0. The third-order valence-corrected chi connectivity index (χ3v) is 5.29. The molecule has 0 aliphatic heterocycles. The second-order valence-electron chi connectivity index (χ2n) is 5.84. The fourth-order valence-corrected chi connectivity index (χ4v) is 3.43. The molecule has 144 valence electrons. The second-order valence-corrected chi connectivity index (χ2v) is 7.19. The minimum atomic E-state index is -0.181. The summed E-state index contributed by atoms with van der Waals surface area (Å²) in [4.78, 5) is 23.8. The van der Waals surface area contributed by atoms with Crippen molar-refractivity contribution in [3.8, 4) is 11.4 Å². The molecule has 0 unspecified atom stereocenters. The van der Waals surface area contributed by atoms with Gasteiger partial charge in [-0.3, -0.25) is 9.59 Å². The van der Waals surface area contributed by atoms with Gasteiger partial charge in [0, 0.05) is 30.9 Å². The molecule has 2 amide bonds. The number of benzene rings is 2. The van der Waals surface area contributed by atoms with E-state index in [2.05, 4.69) is 20.8 Å². The van der Waals surface area contributed by atoms with Crippen LogP contribution in [-0.4, -0.2) is 39.4 Å². The summed E-state index contributed by atoms with van der Waals surface area (Å²) in [5.41, 5.74) is 1.93. The van der Waals surface area contributed by atoms with E-state index in [1.165, 1.54) is 11.8 Å². The predicted octanol–water partition coefficient (Wildman–Crippen LogP) is 3.23. The average Bonchev–Trinajstić information content (AvgIpc) is 3.07. The average molecular weight is 416 g/mol. The number of nitrogens with one attached hydrogen (secondary N) is 2. The molecule has 3 rings (SSSR count). The number of hydrogen-bond donors (Lipinski definition) is 2. The van der Waals surface area contributed by atoms with Gasteiger partial charge in [-0.2, -0.15) is 0 Å². The van der Waals surface area contributed by atoms with Gasteiger partial charge in [0.25, 0.3) is 5.91 Å². The third-order valence-electron chi connectivity index (χ3n) is 3.94. The van der Waals surface area contributed by atoms with Crippen molar-refractivity contribution < 1.29 is 9.59 Å². The van der Waals surface area contributed by atoms with Gasteiger partial charge in [-0.1, -0.05) is 35.5 Å². The van der Waals surface area contributed by atoms with Gasteiger partial charge in [0.2, 0.25) is 5.91 Å². The van der Waals surface area contributed by atoms with E-state index in [-0.39, 0.29) is 17.6 Å². The molecule has 2 N–H and O–H groups in total. The number of halogens is 1. The Kier molecular flexibility index (Phi) is 6.33. The summed E-state index contributed by atoms with van der Waals surface area (Å²) in [5, 5.41) is 14.9. The Bertz CT molecular complexity index is 1000. The molecule has 0 spiro atoms. The van der Waals surface area contributed by atoms with E-state index in [1.807, 2.05) is 25.2 Å². The van der Waals surface area contributed by atoms with E-state index >= 15 is 0 Å². The predicted molar refractivity (Wildman–Crippen MR) is 111 cm³/mol. The maximum absolute atomic E-state index is 12.2. The van der Waals surface area contributed by atoms with Crippen LogP contribution in [0, 0.1) is 0 Å². The molecule has 0 aliphatic carbocycles. The lowest BCUT2D eigenvalue weighted by atomic mass is 10.2. The molecule has 0 fully saturated rings. The number of rotatable bonds is 6. The van der Waals surface area contributed by atoms with Gasteiger partial charge in [0.15, 0.2) is 11.0 Å². The standard InChI is InChI=1S/C19H18ClN5O2S/c1-21-18(27)12-7-9-13(10-8-12)22-16(26)11-28-19-24-23-17(25(19)2)14-5-3-4-6-15(14)20/h3-10H,11H2,1-2H3,(H,21,27)(H,22,26). The first kappa shape index (κ1) is 19.9. The lowest BCUT2D eigenvalue weighted by Crippen LogP contribution is -2.18. The molecular weight excluding hydrogens is 398 g/mol. The first-order valence-electron chi connectivity index (χ1n) is 8.38. The zero-order valence-corrected chi connectivity index (χ0v) is 16.8. The Labute approximate surface area is 171 Å². The van der Waals surface area contributed by atoms with E-state index in [4.69, 9.17) is 11.6 Å². The van der Waals surface area contributed by atoms with Crippen molar-refractivity contribution in [3.63, 3.8) is 0 Å². The van der Waals surface area contributed by atoms with E-state index in [0.717, 1.165) is 5.56 Å². The zero-order chi connectivity index (χ0) is 20.1. The molecule has 1 heterocycles. The number of nitrogens with zero attached hydrogens (tertiary/aromatic N) is 3. The molecule has 9 heteroatoms. The van der Waals surface area contributed by atoms with Crippen molar-refractivity contribution >= 4 is 40.9 Å². The van der Waals surface area contributed by atoms with Crippen molar-refractivity contribution in [2.24, 2.45) is 7.05 Å². The van der Waals surface area contributed by atoms with Crippen molar-refractivity contribution in [3.05, 3.63) is 59.1 Å². The van der Waals surface area contributed by atoms with Crippen molar-refractivity contribution in [1.82, 2.24) is 20.1 Å². The summed E-state index contributed by atoms with van der Waals surface area (Å²) in [5.74, 6) is 0.453. The monoisotopic (exact) mass is 415 g/mol. The largest absolute Gasteiger partial charge is 0.355 e. The highest BCUT2D eigenvalue weighted by Gasteiger charge is 2.15. The van der Waals surface area contributed by atoms with Crippen LogP contribution < -0.4 is 10.6 Å². The Morgan fingerprint density at radius 3 is 2.50 bits per heavy atom. The SMILES string of the molecule is CNC(=O)c1ccc(NC(=O)CSc2nnc(-c3ccccc3Cl)n2C)cc1. The fraction of sp³-hybridized carbons (Fsp3) is 0.158. The van der Waals surface area contributed by atoms with Crippen LogP contribution in [0.3, 0.4) is 0 Å². The van der Waals surface area contributed by atoms with Crippen LogP contribution >= 0.6 is 23.4 Å². The van der Waals surface area contributed by atoms with E-state index in [9.17, 15) is 9.59 Å². The Morgan fingerprint density at radius 1 is 1.11 bits per heavy atom. The van der Waals surface area contributed by atoms with Crippen molar-refractivity contribution in [1.29, 1.82) is 0 Å². The molecule has 0 aliphatic rings. The number of amides is 2. The minimum absolute atomic E-state index is 0.172. The lowest BCUT2D eigenvalue weighted by molar-refractivity contribution is -0.113. The van der Waals surface area contributed by atoms with Gasteiger partial charge in [-0.15, -0.1) is 10.2 Å². The molecule has 2 aromatic carbocycles. The highest BCUT2D eigenvalue weighted by molar-refractivity contribution is 7.99. The lowest BCUT2D eigenvalue weighted by Gasteiger charge is -2.07. The van der Waals surface area contributed by atoms with E-state index in [1.54, 1.807) is 41.9 Å². The Balaban J connectivity index is 1.61. The number of aromatic nitrogens is 3. The number of carbonyl (C=O) groups excluding carboxylic acids is 2. The molecule has 0 atom stereocenters. The number of anilines is 1. The van der Waals surface area contributed by atoms with Gasteiger partial charge in [-0.05, 0) is 36.4 Å². The highest BCUT2D eigenvalue weighted by Crippen LogP contribution is 2.28. The Hall–Kier alpha value is -2.84. The fourth-order valence-electron chi connectivity index (χ4n) is 2.49. The van der Waals surface area contributed by atoms with Crippen LogP contribution in [0.1, 0.15) is 10.4 Å². The molecule has 0 radical (unpaired) electrons. The van der Waals surface area contributed by atoms with Gasteiger partial charge in [0.1, 0.15) is 0 Å². The molecule has 1 aromatic heterocycles. The maximum atomic E-state index is 12.2. The summed E-state index contributed by atoms with van der Waals surface area (Å²) in [6, 6.07) is 14.1. The van der Waals surface area contributed by atoms with Gasteiger partial charge in [0.05, 0.1) is 10.8 Å². The zero-order valence-electron chi connectivity index (χ0n) is 15.3. The van der Waals surface area contributed by atoms with Crippen LogP contribution in [0.5, 0.6) is 0 Å². The highest BCUT2D eigenvalue weighted by atomic mass is 35.5. The van der Waals surface area contributed by atoms with Crippen LogP contribution in [0.25, 0.3) is 11.4 Å². The molecule has 3 aromatic rings. The molecule has 0 bridgehead atoms. The van der Waals surface area contributed by atoms with Crippen molar-refractivity contribution in [2.75, 3.05) is 18.1 Å². The number of carbonyl (C=O) groups is 2. The number of hydrogen-bond acceptors (Lipinski definition) is 5. The minimum Gasteiger partial charge on any atom is -0.355 e. The summed E-state index contributed by atoms with van der Waals surface area (Å²) in [6.45, 7) is 0. The maximum Gasteiger partial charge on any atom is 0.251 e. The van der Waals surface area contributed by atoms with Gasteiger partial charge in [-0.25, -0.2) is 0 Å². The first-order chi connectivity index (χ1) is 13.5. The van der Waals surface area contributed by atoms with Crippen LogP contribution in [-0.2, 0) is 11.8 Å². The quantitative estimate of drug-likeness (QED) is 0.603. The van der Waals surface area contributed by atoms with Gasteiger partial charge < -0.3 is 15.2 Å². The first-order valence-corrected chi connectivity index (χ1v) is 9.75. The Morgan fingerprint density at radius 2 is 1.82 bits per heavy atom. The summed E-state index contributed by atoms with van der Waals surface area (Å²) >= 11 is 7.50. The molecule has 0 saturated heterocycles.